The molecule has 0 bridgehead atoms. The maximum Gasteiger partial charge on any atom is 0.348 e. The summed E-state index contributed by atoms with van der Waals surface area (Å²) in [6.07, 6.45) is 0. The molecule has 0 saturated carbocycles. The van der Waals surface area contributed by atoms with E-state index >= 15 is 0 Å². The number of thiophene rings is 1. The molecule has 1 aromatic heterocycles. The third-order valence-electron chi connectivity index (χ3n) is 2.74. The Kier molecular flexibility index (Phi) is 3.82. The highest BCUT2D eigenvalue weighted by atomic mass is 32.2. The van der Waals surface area contributed by atoms with Crippen LogP contribution in [0.5, 0.6) is 0 Å². The molecule has 0 unspecified atom stereocenters. The number of nitrogens with one attached hydrogen (secondary N) is 1. The quantitative estimate of drug-likeness (QED) is 0.909. The van der Waals surface area contributed by atoms with E-state index < -0.39 is 16.0 Å². The van der Waals surface area contributed by atoms with Gasteiger partial charge in [0.25, 0.3) is 10.0 Å². The van der Waals surface area contributed by atoms with Gasteiger partial charge in [-0.2, -0.15) is 0 Å². The maximum atomic E-state index is 12.3. The van der Waals surface area contributed by atoms with Gasteiger partial charge in [0.2, 0.25) is 0 Å². The molecule has 1 aromatic carbocycles. The number of anilines is 1. The molecule has 2 rings (SSSR count). The summed E-state index contributed by atoms with van der Waals surface area (Å²) < 4.78 is 27.0. The summed E-state index contributed by atoms with van der Waals surface area (Å²) in [4.78, 5) is 11.1. The van der Waals surface area contributed by atoms with Crippen molar-refractivity contribution in [2.75, 3.05) is 4.72 Å². The number of aryl methyl sites for hydroxylation is 2. The average molecular weight is 311 g/mol. The minimum Gasteiger partial charge on any atom is -0.477 e. The van der Waals surface area contributed by atoms with Crippen molar-refractivity contribution in [1.82, 2.24) is 0 Å². The van der Waals surface area contributed by atoms with Crippen LogP contribution in [-0.4, -0.2) is 19.5 Å². The first kappa shape index (κ1) is 14.5. The molecule has 0 fully saturated rings. The number of rotatable bonds is 4. The fourth-order valence-corrected chi connectivity index (χ4v) is 3.91. The third kappa shape index (κ3) is 2.83. The summed E-state index contributed by atoms with van der Waals surface area (Å²) in [6, 6.07) is 6.54. The van der Waals surface area contributed by atoms with Crippen molar-refractivity contribution < 1.29 is 18.3 Å². The summed E-state index contributed by atoms with van der Waals surface area (Å²) in [5, 5.41) is 10.5. The first-order chi connectivity index (χ1) is 9.31. The fourth-order valence-electron chi connectivity index (χ4n) is 1.75. The average Bonchev–Trinajstić information content (AvgIpc) is 2.79. The lowest BCUT2D eigenvalue weighted by Gasteiger charge is -2.10. The Balaban J connectivity index is 2.44. The van der Waals surface area contributed by atoms with E-state index in [0.29, 0.717) is 5.56 Å². The number of carboxylic acid groups (broad SMARTS) is 1. The van der Waals surface area contributed by atoms with Crippen molar-refractivity contribution in [3.05, 3.63) is 45.6 Å². The molecule has 20 heavy (non-hydrogen) atoms. The number of sulfonamides is 1. The molecule has 0 aliphatic heterocycles. The van der Waals surface area contributed by atoms with Gasteiger partial charge in [0.1, 0.15) is 4.88 Å². The zero-order chi connectivity index (χ0) is 14.9. The third-order valence-corrected chi connectivity index (χ3v) is 5.15. The minimum atomic E-state index is -3.80. The van der Waals surface area contributed by atoms with E-state index in [9.17, 15) is 13.2 Å². The second-order valence-electron chi connectivity index (χ2n) is 4.34. The van der Waals surface area contributed by atoms with Crippen LogP contribution in [0.2, 0.25) is 0 Å². The molecular formula is C13H13NO4S2. The van der Waals surface area contributed by atoms with Crippen LogP contribution in [0.1, 0.15) is 20.8 Å². The number of carboxylic acids is 1. The van der Waals surface area contributed by atoms with Gasteiger partial charge < -0.3 is 5.11 Å². The monoisotopic (exact) mass is 311 g/mol. The predicted molar refractivity (Wildman–Crippen MR) is 78.0 cm³/mol. The number of hydrogen-bond acceptors (Lipinski definition) is 4. The van der Waals surface area contributed by atoms with E-state index in [1.165, 1.54) is 11.4 Å². The molecule has 2 N–H and O–H groups in total. The molecule has 5 nitrogen and oxygen atoms in total. The Morgan fingerprint density at radius 2 is 1.95 bits per heavy atom. The van der Waals surface area contributed by atoms with Crippen molar-refractivity contribution in [2.45, 2.75) is 18.7 Å². The number of aromatic carboxylic acids is 1. The zero-order valence-corrected chi connectivity index (χ0v) is 12.5. The maximum absolute atomic E-state index is 12.3. The van der Waals surface area contributed by atoms with E-state index in [2.05, 4.69) is 4.72 Å². The SMILES string of the molecule is Cc1ccc(C)c(S(=O)(=O)Nc2ccsc2C(=O)O)c1. The van der Waals surface area contributed by atoms with Gasteiger partial charge in [-0.25, -0.2) is 13.2 Å². The van der Waals surface area contributed by atoms with Gasteiger partial charge in [0, 0.05) is 0 Å². The van der Waals surface area contributed by atoms with Gasteiger partial charge >= 0.3 is 5.97 Å². The first-order valence-electron chi connectivity index (χ1n) is 5.72. The largest absolute Gasteiger partial charge is 0.477 e. The lowest BCUT2D eigenvalue weighted by molar-refractivity contribution is 0.0703. The van der Waals surface area contributed by atoms with Crippen LogP contribution in [0.15, 0.2) is 34.5 Å². The Morgan fingerprint density at radius 3 is 2.60 bits per heavy atom. The molecule has 0 amide bonds. The molecule has 7 heteroatoms. The Hall–Kier alpha value is -1.86. The van der Waals surface area contributed by atoms with E-state index in [1.54, 1.807) is 26.0 Å². The van der Waals surface area contributed by atoms with Crippen LogP contribution in [0.25, 0.3) is 0 Å². The lowest BCUT2D eigenvalue weighted by atomic mass is 10.2. The molecule has 0 aliphatic rings. The molecule has 106 valence electrons. The van der Waals surface area contributed by atoms with Crippen LogP contribution in [-0.2, 0) is 10.0 Å². The molecule has 0 spiro atoms. The van der Waals surface area contributed by atoms with Crippen molar-refractivity contribution in [2.24, 2.45) is 0 Å². The number of hydrogen-bond donors (Lipinski definition) is 2. The standard InChI is InChI=1S/C13H13NO4S2/c1-8-3-4-9(2)11(7-8)20(17,18)14-10-5-6-19-12(10)13(15)16/h3-7,14H,1-2H3,(H,15,16). The van der Waals surface area contributed by atoms with Crippen LogP contribution in [0.4, 0.5) is 5.69 Å². The van der Waals surface area contributed by atoms with E-state index in [1.807, 2.05) is 6.07 Å². The van der Waals surface area contributed by atoms with E-state index in [-0.39, 0.29) is 15.5 Å². The second kappa shape index (κ2) is 5.26. The number of benzene rings is 1. The Labute approximate surface area is 120 Å². The van der Waals surface area contributed by atoms with Crippen molar-refractivity contribution in [3.63, 3.8) is 0 Å². The minimum absolute atomic E-state index is 0.0288. The predicted octanol–water partition coefficient (Wildman–Crippen LogP) is 2.86. The van der Waals surface area contributed by atoms with Gasteiger partial charge in [-0.15, -0.1) is 11.3 Å². The fraction of sp³-hybridized carbons (Fsp3) is 0.154. The molecule has 0 aliphatic carbocycles. The van der Waals surface area contributed by atoms with E-state index in [4.69, 9.17) is 5.11 Å². The second-order valence-corrected chi connectivity index (χ2v) is 6.91. The number of carbonyl (C=O) groups is 1. The molecule has 0 radical (unpaired) electrons. The van der Waals surface area contributed by atoms with Crippen molar-refractivity contribution in [1.29, 1.82) is 0 Å². The molecule has 0 atom stereocenters. The first-order valence-corrected chi connectivity index (χ1v) is 8.08. The molecule has 0 saturated heterocycles. The summed E-state index contributed by atoms with van der Waals surface area (Å²) in [7, 11) is -3.80. The smallest absolute Gasteiger partial charge is 0.348 e. The normalized spacial score (nSPS) is 11.3. The summed E-state index contributed by atoms with van der Waals surface area (Å²) in [5.41, 5.74) is 1.51. The zero-order valence-electron chi connectivity index (χ0n) is 10.9. The summed E-state index contributed by atoms with van der Waals surface area (Å²) >= 11 is 0.974. The van der Waals surface area contributed by atoms with Gasteiger partial charge in [0.15, 0.2) is 0 Å². The highest BCUT2D eigenvalue weighted by Gasteiger charge is 2.21. The lowest BCUT2D eigenvalue weighted by Crippen LogP contribution is -2.15. The highest BCUT2D eigenvalue weighted by molar-refractivity contribution is 7.92. The molecular weight excluding hydrogens is 298 g/mol. The van der Waals surface area contributed by atoms with Crippen LogP contribution in [0, 0.1) is 13.8 Å². The van der Waals surface area contributed by atoms with Gasteiger partial charge in [-0.05, 0) is 42.5 Å². The summed E-state index contributed by atoms with van der Waals surface area (Å²) in [6.45, 7) is 3.49. The Bertz CT molecular complexity index is 762. The van der Waals surface area contributed by atoms with Gasteiger partial charge in [-0.3, -0.25) is 4.72 Å². The van der Waals surface area contributed by atoms with Crippen molar-refractivity contribution >= 4 is 33.0 Å². The van der Waals surface area contributed by atoms with Gasteiger partial charge in [-0.1, -0.05) is 12.1 Å². The highest BCUT2D eigenvalue weighted by Crippen LogP contribution is 2.26. The molecule has 1 heterocycles. The van der Waals surface area contributed by atoms with Crippen LogP contribution >= 0.6 is 11.3 Å². The molecule has 2 aromatic rings. The topological polar surface area (TPSA) is 83.5 Å². The van der Waals surface area contributed by atoms with Gasteiger partial charge in [0.05, 0.1) is 10.6 Å². The van der Waals surface area contributed by atoms with Crippen molar-refractivity contribution in [3.8, 4) is 0 Å². The Morgan fingerprint density at radius 1 is 1.25 bits per heavy atom. The van der Waals surface area contributed by atoms with Crippen LogP contribution in [0.3, 0.4) is 0 Å². The van der Waals surface area contributed by atoms with E-state index in [0.717, 1.165) is 16.9 Å². The van der Waals surface area contributed by atoms with Crippen LogP contribution < -0.4 is 4.72 Å². The summed E-state index contributed by atoms with van der Waals surface area (Å²) in [5.74, 6) is -1.15.